The molecule has 5 aromatic rings. The van der Waals surface area contributed by atoms with Gasteiger partial charge in [-0.2, -0.15) is 0 Å². The number of hydrogen-bond acceptors (Lipinski definition) is 10. The van der Waals surface area contributed by atoms with Crippen molar-refractivity contribution in [3.8, 4) is 28.1 Å². The Morgan fingerprint density at radius 2 is 1.61 bits per heavy atom. The van der Waals surface area contributed by atoms with Crippen LogP contribution in [-0.4, -0.2) is 106 Å². The van der Waals surface area contributed by atoms with E-state index in [-0.39, 0.29) is 41.8 Å². The molecule has 0 unspecified atom stereocenters. The Balaban J connectivity index is 1.04. The molecular formula is C45H54N8O8. The second-order valence-corrected chi connectivity index (χ2v) is 16.9. The van der Waals surface area contributed by atoms with Gasteiger partial charge < -0.3 is 49.3 Å². The van der Waals surface area contributed by atoms with Crippen molar-refractivity contribution in [1.29, 1.82) is 0 Å². The standard InChI is InChI=1S/C45H54N8O8/c1-22(2)37(50-44(56)59-7)43(55)53-24(4)9-14-34(53)41-47-32-13-11-26-17-31-29-12-10-27(16-28(29)21-61-36(31)18-30(26)39(32)49-41)33-19-46-40(48-33)35-15-23(3)20-52(35)42(54)38(25(5)58-6)51-45(57)60-8/h10-13,16-19,22-25,34-35,37-38H,9,14-15,20-21H2,1-8H3,(H,46,48)(H,47,49)(H,50,56)(H,51,57)/t23-,24-,25+,34-,35-,37-,38-/m0/s1. The van der Waals surface area contributed by atoms with Gasteiger partial charge in [0.15, 0.2) is 0 Å². The van der Waals surface area contributed by atoms with Gasteiger partial charge in [-0.25, -0.2) is 19.6 Å². The Hall–Kier alpha value is -6.16. The van der Waals surface area contributed by atoms with Gasteiger partial charge in [-0.1, -0.05) is 39.0 Å². The van der Waals surface area contributed by atoms with Gasteiger partial charge in [0.05, 0.1) is 55.3 Å². The molecule has 3 aliphatic rings. The molecule has 4 amide bonds. The van der Waals surface area contributed by atoms with Crippen molar-refractivity contribution in [3.63, 3.8) is 0 Å². The number of imidazole rings is 2. The molecule has 322 valence electrons. The fraction of sp³-hybridized carbons (Fsp3) is 0.467. The van der Waals surface area contributed by atoms with Crippen molar-refractivity contribution < 1.29 is 38.1 Å². The van der Waals surface area contributed by atoms with Crippen LogP contribution in [0.1, 0.15) is 83.2 Å². The molecule has 2 fully saturated rings. The highest BCUT2D eigenvalue weighted by molar-refractivity contribution is 6.07. The first-order valence-corrected chi connectivity index (χ1v) is 20.9. The SMILES string of the molecule is COC(=O)N[C@H](C(=O)N1[C@@H](C)CC[C@H]1c1nc2c(ccc3cc4c(cc32)OCc2cc(-c3cnc([C@@H]5C[C@H](C)CN5C(=O)[C@@H](NC(=O)OC)[C@@H](C)OC)[nH]3)ccc2-4)[nH]1)C(C)C. The molecule has 5 heterocycles. The van der Waals surface area contributed by atoms with E-state index in [0.717, 1.165) is 68.3 Å². The minimum absolute atomic E-state index is 0.0295. The summed E-state index contributed by atoms with van der Waals surface area (Å²) in [6.07, 6.45) is 2.15. The summed E-state index contributed by atoms with van der Waals surface area (Å²) in [6.45, 7) is 10.6. The molecule has 0 aliphatic carbocycles. The third-order valence-corrected chi connectivity index (χ3v) is 12.6. The maximum atomic E-state index is 14.0. The summed E-state index contributed by atoms with van der Waals surface area (Å²) in [5.41, 5.74) is 6.50. The lowest BCUT2D eigenvalue weighted by Gasteiger charge is -2.32. The normalized spacial score (nSPS) is 21.1. The van der Waals surface area contributed by atoms with Crippen molar-refractivity contribution in [2.45, 2.75) is 96.8 Å². The summed E-state index contributed by atoms with van der Waals surface area (Å²) in [5, 5.41) is 7.33. The molecule has 0 bridgehead atoms. The number of ether oxygens (including phenoxy) is 4. The molecule has 61 heavy (non-hydrogen) atoms. The highest BCUT2D eigenvalue weighted by Gasteiger charge is 2.43. The predicted octanol–water partition coefficient (Wildman–Crippen LogP) is 6.77. The number of aromatic nitrogens is 4. The summed E-state index contributed by atoms with van der Waals surface area (Å²) in [4.78, 5) is 72.6. The van der Waals surface area contributed by atoms with Gasteiger partial charge in [0, 0.05) is 30.6 Å². The first-order chi connectivity index (χ1) is 29.3. The van der Waals surface area contributed by atoms with Crippen molar-refractivity contribution in [3.05, 3.63) is 65.9 Å². The van der Waals surface area contributed by atoms with Gasteiger partial charge in [0.1, 0.15) is 36.1 Å². The van der Waals surface area contributed by atoms with E-state index in [1.807, 2.05) is 31.7 Å². The molecule has 4 N–H and O–H groups in total. The number of likely N-dealkylation sites (tertiary alicyclic amines) is 2. The number of methoxy groups -OCH3 is 3. The lowest BCUT2D eigenvalue weighted by atomic mass is 9.92. The smallest absolute Gasteiger partial charge is 0.407 e. The minimum atomic E-state index is -0.922. The van der Waals surface area contributed by atoms with Crippen molar-refractivity contribution in [1.82, 2.24) is 40.4 Å². The Bertz CT molecular complexity index is 2500. The highest BCUT2D eigenvalue weighted by atomic mass is 16.5. The van der Waals surface area contributed by atoms with Gasteiger partial charge in [0.2, 0.25) is 11.8 Å². The zero-order valence-electron chi connectivity index (χ0n) is 35.8. The number of alkyl carbamates (subject to hydrolysis) is 2. The van der Waals surface area contributed by atoms with Gasteiger partial charge in [-0.3, -0.25) is 9.59 Å². The Morgan fingerprint density at radius 3 is 2.33 bits per heavy atom. The van der Waals surface area contributed by atoms with E-state index < -0.39 is 30.4 Å². The number of amides is 4. The molecule has 0 spiro atoms. The van der Waals surface area contributed by atoms with Crippen molar-refractivity contribution in [2.75, 3.05) is 27.9 Å². The molecule has 16 nitrogen and oxygen atoms in total. The van der Waals surface area contributed by atoms with Crippen LogP contribution in [0.15, 0.2) is 48.7 Å². The molecule has 3 aromatic carbocycles. The van der Waals surface area contributed by atoms with Crippen molar-refractivity contribution in [2.24, 2.45) is 11.8 Å². The van der Waals surface area contributed by atoms with Gasteiger partial charge in [0.25, 0.3) is 0 Å². The van der Waals surface area contributed by atoms with Crippen LogP contribution in [0.25, 0.3) is 44.2 Å². The Labute approximate surface area is 354 Å². The lowest BCUT2D eigenvalue weighted by Crippen LogP contribution is -2.54. The monoisotopic (exact) mass is 834 g/mol. The average Bonchev–Trinajstić information content (AvgIpc) is 4.08. The number of nitrogens with one attached hydrogen (secondary N) is 4. The van der Waals surface area contributed by atoms with Crippen LogP contribution < -0.4 is 15.4 Å². The topological polar surface area (TPSA) is 193 Å². The van der Waals surface area contributed by atoms with E-state index in [1.54, 1.807) is 18.0 Å². The lowest BCUT2D eigenvalue weighted by molar-refractivity contribution is -0.138. The third kappa shape index (κ3) is 7.73. The van der Waals surface area contributed by atoms with Crippen LogP contribution >= 0.6 is 0 Å². The first-order valence-electron chi connectivity index (χ1n) is 20.9. The minimum Gasteiger partial charge on any atom is -0.488 e. The molecule has 0 saturated carbocycles. The summed E-state index contributed by atoms with van der Waals surface area (Å²) < 4.78 is 21.5. The maximum absolute atomic E-state index is 14.0. The highest BCUT2D eigenvalue weighted by Crippen LogP contribution is 2.44. The summed E-state index contributed by atoms with van der Waals surface area (Å²) in [7, 11) is 4.05. The van der Waals surface area contributed by atoms with Crippen LogP contribution in [0.2, 0.25) is 0 Å². The number of carbonyl (C=O) groups excluding carboxylic acids is 4. The van der Waals surface area contributed by atoms with E-state index in [1.165, 1.54) is 21.3 Å². The number of fused-ring (bicyclic) bond motifs is 6. The molecule has 7 atom stereocenters. The predicted molar refractivity (Wildman–Crippen MR) is 227 cm³/mol. The third-order valence-electron chi connectivity index (χ3n) is 12.6. The van der Waals surface area contributed by atoms with Gasteiger partial charge in [-0.15, -0.1) is 0 Å². The Kier molecular flexibility index (Phi) is 11.4. The van der Waals surface area contributed by atoms with Crippen LogP contribution in [-0.2, 0) is 30.4 Å². The number of hydrogen-bond donors (Lipinski definition) is 4. The van der Waals surface area contributed by atoms with E-state index >= 15 is 0 Å². The summed E-state index contributed by atoms with van der Waals surface area (Å²) in [5.74, 6) is 1.81. The van der Waals surface area contributed by atoms with E-state index in [2.05, 4.69) is 63.9 Å². The zero-order chi connectivity index (χ0) is 43.3. The Morgan fingerprint density at radius 1 is 0.852 bits per heavy atom. The summed E-state index contributed by atoms with van der Waals surface area (Å²) >= 11 is 0. The summed E-state index contributed by atoms with van der Waals surface area (Å²) in [6, 6.07) is 12.3. The quantitative estimate of drug-likeness (QED) is 0.117. The molecule has 3 aliphatic heterocycles. The average molecular weight is 835 g/mol. The fourth-order valence-corrected chi connectivity index (χ4v) is 9.20. The van der Waals surface area contributed by atoms with Crippen LogP contribution in [0.5, 0.6) is 5.75 Å². The van der Waals surface area contributed by atoms with Crippen molar-refractivity contribution >= 4 is 45.8 Å². The largest absolute Gasteiger partial charge is 0.488 e. The number of nitrogens with zero attached hydrogens (tertiary/aromatic N) is 4. The zero-order valence-corrected chi connectivity index (χ0v) is 35.8. The number of aromatic amines is 2. The maximum Gasteiger partial charge on any atom is 0.407 e. The number of carbonyl (C=O) groups is 4. The van der Waals surface area contributed by atoms with Crippen LogP contribution in [0, 0.1) is 11.8 Å². The second kappa shape index (κ2) is 16.7. The molecule has 2 aromatic heterocycles. The molecule has 0 radical (unpaired) electrons. The van der Waals surface area contributed by atoms with Gasteiger partial charge >= 0.3 is 12.2 Å². The number of benzene rings is 3. The fourth-order valence-electron chi connectivity index (χ4n) is 9.20. The molecule has 16 heteroatoms. The van der Waals surface area contributed by atoms with E-state index in [0.29, 0.717) is 31.2 Å². The van der Waals surface area contributed by atoms with E-state index in [9.17, 15) is 19.2 Å². The number of rotatable bonds is 10. The second-order valence-electron chi connectivity index (χ2n) is 16.9. The first kappa shape index (κ1) is 41.6. The number of H-pyrrole nitrogens is 2. The van der Waals surface area contributed by atoms with E-state index in [4.69, 9.17) is 28.9 Å². The molecular weight excluding hydrogens is 781 g/mol. The van der Waals surface area contributed by atoms with Crippen LogP contribution in [0.4, 0.5) is 9.59 Å². The van der Waals surface area contributed by atoms with Crippen LogP contribution in [0.3, 0.4) is 0 Å². The van der Waals surface area contributed by atoms with Gasteiger partial charge in [-0.05, 0) is 91.3 Å². The molecule has 8 rings (SSSR count). The molecule has 2 saturated heterocycles.